The Labute approximate surface area is 126 Å². The van der Waals surface area contributed by atoms with Gasteiger partial charge in [-0.05, 0) is 29.8 Å². The molecule has 0 bridgehead atoms. The van der Waals surface area contributed by atoms with Gasteiger partial charge in [0.25, 0.3) is 5.69 Å². The lowest BCUT2D eigenvalue weighted by atomic mass is 10.2. The summed E-state index contributed by atoms with van der Waals surface area (Å²) in [6, 6.07) is 9.32. The predicted octanol–water partition coefficient (Wildman–Crippen LogP) is 2.27. The molecule has 0 unspecified atom stereocenters. The number of ether oxygens (including phenoxy) is 1. The largest absolute Gasteiger partial charge is 0.472 e. The first-order chi connectivity index (χ1) is 9.58. The average Bonchev–Trinajstić information content (AvgIpc) is 2.45. The number of non-ortho nitro benzene ring substituents is 1. The summed E-state index contributed by atoms with van der Waals surface area (Å²) < 4.78 is 5.48. The minimum atomic E-state index is -0.461. The summed E-state index contributed by atoms with van der Waals surface area (Å²) in [5, 5.41) is 18.0. The molecule has 0 radical (unpaired) electrons. The molecule has 1 aromatic heterocycles. The maximum atomic E-state index is 10.5. The lowest BCUT2D eigenvalue weighted by Gasteiger charge is -2.08. The molecule has 110 valence electrons. The summed E-state index contributed by atoms with van der Waals surface area (Å²) in [4.78, 5) is 14.1. The average molecular weight is 309 g/mol. The smallest absolute Gasteiger partial charge is 0.269 e. The monoisotopic (exact) mass is 308 g/mol. The second kappa shape index (κ2) is 7.20. The number of rotatable bonds is 5. The quantitative estimate of drug-likeness (QED) is 0.380. The summed E-state index contributed by atoms with van der Waals surface area (Å²) in [5.74, 6) is 0.134. The molecule has 21 heavy (non-hydrogen) atoms. The van der Waals surface area contributed by atoms with E-state index in [0.717, 1.165) is 5.56 Å². The Bertz CT molecular complexity index is 646. The fourth-order valence-electron chi connectivity index (χ4n) is 1.58. The van der Waals surface area contributed by atoms with Crippen molar-refractivity contribution in [3.8, 4) is 5.88 Å². The van der Waals surface area contributed by atoms with Gasteiger partial charge in [-0.25, -0.2) is 4.98 Å². The number of nitro groups is 1. The van der Waals surface area contributed by atoms with Crippen molar-refractivity contribution in [1.29, 1.82) is 5.41 Å². The maximum absolute atomic E-state index is 10.5. The fraction of sp³-hybridized carbons (Fsp3) is 0.0769. The lowest BCUT2D eigenvalue weighted by molar-refractivity contribution is -0.384. The van der Waals surface area contributed by atoms with Gasteiger partial charge in [0.1, 0.15) is 12.4 Å². The Morgan fingerprint density at radius 2 is 2.00 bits per heavy atom. The van der Waals surface area contributed by atoms with Crippen LogP contribution in [-0.2, 0) is 6.61 Å². The topological polar surface area (TPSA) is 115 Å². The number of nitrogens with one attached hydrogen (secondary N) is 1. The van der Waals surface area contributed by atoms with Crippen LogP contribution in [0.2, 0.25) is 0 Å². The van der Waals surface area contributed by atoms with Gasteiger partial charge in [0, 0.05) is 18.3 Å². The van der Waals surface area contributed by atoms with Gasteiger partial charge < -0.3 is 10.5 Å². The molecule has 0 spiro atoms. The highest BCUT2D eigenvalue weighted by Gasteiger charge is 2.08. The molecule has 3 N–H and O–H groups in total. The van der Waals surface area contributed by atoms with Crippen molar-refractivity contribution in [3.63, 3.8) is 0 Å². The molecule has 2 rings (SSSR count). The van der Waals surface area contributed by atoms with E-state index in [-0.39, 0.29) is 36.4 Å². The van der Waals surface area contributed by atoms with E-state index in [0.29, 0.717) is 5.56 Å². The number of amidine groups is 1. The summed E-state index contributed by atoms with van der Waals surface area (Å²) >= 11 is 0. The molecular weight excluding hydrogens is 296 g/mol. The van der Waals surface area contributed by atoms with Crippen LogP contribution in [0, 0.1) is 15.5 Å². The lowest BCUT2D eigenvalue weighted by Crippen LogP contribution is -2.13. The first-order valence-corrected chi connectivity index (χ1v) is 5.73. The van der Waals surface area contributed by atoms with Gasteiger partial charge >= 0.3 is 0 Å². The number of pyridine rings is 1. The van der Waals surface area contributed by atoms with Crippen molar-refractivity contribution < 1.29 is 9.66 Å². The third-order valence-corrected chi connectivity index (χ3v) is 2.58. The number of aromatic nitrogens is 1. The van der Waals surface area contributed by atoms with Crippen LogP contribution in [0.5, 0.6) is 5.88 Å². The summed E-state index contributed by atoms with van der Waals surface area (Å²) in [6.07, 6.45) is 1.54. The van der Waals surface area contributed by atoms with Crippen molar-refractivity contribution in [2.24, 2.45) is 5.73 Å². The molecular formula is C13H13ClN4O3. The molecule has 0 aliphatic carbocycles. The van der Waals surface area contributed by atoms with E-state index in [9.17, 15) is 10.1 Å². The van der Waals surface area contributed by atoms with Crippen LogP contribution in [0.3, 0.4) is 0 Å². The van der Waals surface area contributed by atoms with E-state index in [2.05, 4.69) is 4.98 Å². The van der Waals surface area contributed by atoms with E-state index < -0.39 is 4.92 Å². The van der Waals surface area contributed by atoms with E-state index >= 15 is 0 Å². The van der Waals surface area contributed by atoms with Gasteiger partial charge in [0.2, 0.25) is 5.88 Å². The van der Waals surface area contributed by atoms with E-state index in [1.54, 1.807) is 24.3 Å². The molecule has 8 heteroatoms. The van der Waals surface area contributed by atoms with Crippen LogP contribution in [-0.4, -0.2) is 15.7 Å². The molecule has 0 aliphatic rings. The Hall–Kier alpha value is -2.67. The van der Waals surface area contributed by atoms with Gasteiger partial charge in [-0.15, -0.1) is 12.4 Å². The minimum absolute atomic E-state index is 0. The normalized spacial score (nSPS) is 9.52. The van der Waals surface area contributed by atoms with Crippen molar-refractivity contribution >= 4 is 23.9 Å². The molecule has 1 heterocycles. The number of nitrogens with two attached hydrogens (primary N) is 1. The zero-order chi connectivity index (χ0) is 14.5. The van der Waals surface area contributed by atoms with Gasteiger partial charge in [0.15, 0.2) is 0 Å². The first kappa shape index (κ1) is 16.4. The molecule has 0 fully saturated rings. The van der Waals surface area contributed by atoms with E-state index in [4.69, 9.17) is 15.9 Å². The van der Waals surface area contributed by atoms with Crippen LogP contribution in [0.4, 0.5) is 5.69 Å². The highest BCUT2D eigenvalue weighted by atomic mass is 35.5. The van der Waals surface area contributed by atoms with Crippen LogP contribution < -0.4 is 10.5 Å². The fourth-order valence-corrected chi connectivity index (χ4v) is 1.58. The van der Waals surface area contributed by atoms with Gasteiger partial charge in [-0.1, -0.05) is 0 Å². The highest BCUT2D eigenvalue weighted by Crippen LogP contribution is 2.17. The third kappa shape index (κ3) is 4.15. The Morgan fingerprint density at radius 3 is 2.57 bits per heavy atom. The second-order valence-electron chi connectivity index (χ2n) is 3.98. The number of nitrogens with zero attached hydrogens (tertiary/aromatic N) is 2. The Kier molecular flexibility index (Phi) is 5.62. The van der Waals surface area contributed by atoms with Gasteiger partial charge in [0.05, 0.1) is 10.5 Å². The summed E-state index contributed by atoms with van der Waals surface area (Å²) in [7, 11) is 0. The van der Waals surface area contributed by atoms with Gasteiger partial charge in [-0.2, -0.15) is 0 Å². The zero-order valence-electron chi connectivity index (χ0n) is 10.9. The van der Waals surface area contributed by atoms with Crippen molar-refractivity contribution in [2.45, 2.75) is 6.61 Å². The number of hydrogen-bond acceptors (Lipinski definition) is 5. The predicted molar refractivity (Wildman–Crippen MR) is 79.9 cm³/mol. The minimum Gasteiger partial charge on any atom is -0.472 e. The van der Waals surface area contributed by atoms with Crippen molar-refractivity contribution in [3.05, 3.63) is 63.8 Å². The molecule has 0 saturated heterocycles. The number of halogens is 1. The number of nitrogen functional groups attached to an aromatic ring is 1. The molecule has 0 saturated carbocycles. The number of benzene rings is 1. The van der Waals surface area contributed by atoms with Crippen molar-refractivity contribution in [1.82, 2.24) is 4.98 Å². The molecule has 0 atom stereocenters. The maximum Gasteiger partial charge on any atom is 0.269 e. The SMILES string of the molecule is Cl.N=C(N)c1cccnc1OCc1ccc([N+](=O)[O-])cc1. The summed E-state index contributed by atoms with van der Waals surface area (Å²) in [5.41, 5.74) is 6.62. The molecule has 0 aliphatic heterocycles. The molecule has 2 aromatic rings. The number of hydrogen-bond donors (Lipinski definition) is 2. The second-order valence-corrected chi connectivity index (χ2v) is 3.98. The van der Waals surface area contributed by atoms with E-state index in [1.807, 2.05) is 0 Å². The highest BCUT2D eigenvalue weighted by molar-refractivity contribution is 5.96. The molecule has 1 aromatic carbocycles. The standard InChI is InChI=1S/C13H12N4O3.ClH/c14-12(15)11-2-1-7-16-13(11)20-8-9-3-5-10(6-4-9)17(18)19;/h1-7H,8H2,(H3,14,15);1H. The van der Waals surface area contributed by atoms with Crippen molar-refractivity contribution in [2.75, 3.05) is 0 Å². The molecule has 7 nitrogen and oxygen atoms in total. The third-order valence-electron chi connectivity index (χ3n) is 2.58. The Balaban J connectivity index is 0.00000220. The zero-order valence-corrected chi connectivity index (χ0v) is 11.7. The van der Waals surface area contributed by atoms with Crippen LogP contribution in [0.1, 0.15) is 11.1 Å². The van der Waals surface area contributed by atoms with Crippen LogP contribution >= 0.6 is 12.4 Å². The van der Waals surface area contributed by atoms with Gasteiger partial charge in [-0.3, -0.25) is 15.5 Å². The molecule has 0 amide bonds. The summed E-state index contributed by atoms with van der Waals surface area (Å²) in [6.45, 7) is 0.190. The first-order valence-electron chi connectivity index (χ1n) is 5.73. The van der Waals surface area contributed by atoms with Crippen LogP contribution in [0.25, 0.3) is 0 Å². The van der Waals surface area contributed by atoms with E-state index in [1.165, 1.54) is 18.3 Å². The number of nitro benzene ring substituents is 1. The van der Waals surface area contributed by atoms with Crippen LogP contribution in [0.15, 0.2) is 42.6 Å². The Morgan fingerprint density at radius 1 is 1.33 bits per heavy atom.